The van der Waals surface area contributed by atoms with Gasteiger partial charge in [0.1, 0.15) is 11.3 Å². The van der Waals surface area contributed by atoms with Gasteiger partial charge < -0.3 is 10.0 Å². The largest absolute Gasteiger partial charge is 0.481 e. The first kappa shape index (κ1) is 16.5. The molecule has 1 aliphatic rings. The maximum Gasteiger partial charge on any atom is 0.394 e. The predicted molar refractivity (Wildman–Crippen MR) is 79.3 cm³/mol. The van der Waals surface area contributed by atoms with Crippen molar-refractivity contribution in [1.29, 1.82) is 0 Å². The molecule has 2 atom stereocenters. The van der Waals surface area contributed by atoms with Gasteiger partial charge in [-0.15, -0.1) is 0 Å². The number of hydrogen-bond acceptors (Lipinski definition) is 3. The fourth-order valence-electron chi connectivity index (χ4n) is 3.16. The average molecular weight is 342 g/mol. The number of aryl methyl sites for hydroxylation is 1. The van der Waals surface area contributed by atoms with Crippen LogP contribution in [0.5, 0.6) is 0 Å². The summed E-state index contributed by atoms with van der Waals surface area (Å²) in [4.78, 5) is 16.7. The first-order valence-corrected chi connectivity index (χ1v) is 7.29. The zero-order valence-corrected chi connectivity index (χ0v) is 12.6. The number of hydrogen-bond donors (Lipinski definition) is 1. The third-order valence-electron chi connectivity index (χ3n) is 4.29. The van der Waals surface area contributed by atoms with Crippen LogP contribution in [0.3, 0.4) is 0 Å². The Morgan fingerprint density at radius 2 is 2.04 bits per heavy atom. The fraction of sp³-hybridized carbons (Fsp3) is 0.375. The van der Waals surface area contributed by atoms with Crippen LogP contribution in [-0.4, -0.2) is 35.3 Å². The number of nitrogens with zero attached hydrogens (tertiary/aromatic N) is 2. The number of rotatable bonds is 2. The maximum atomic E-state index is 13.9. The van der Waals surface area contributed by atoms with E-state index in [0.29, 0.717) is 16.8 Å². The van der Waals surface area contributed by atoms with Crippen molar-refractivity contribution in [3.05, 3.63) is 35.8 Å². The van der Waals surface area contributed by atoms with Crippen molar-refractivity contribution < 1.29 is 27.5 Å². The number of pyridine rings is 1. The van der Waals surface area contributed by atoms with E-state index in [-0.39, 0.29) is 12.1 Å². The summed E-state index contributed by atoms with van der Waals surface area (Å²) in [5, 5.41) is 9.49. The second-order valence-corrected chi connectivity index (χ2v) is 5.92. The number of para-hydroxylation sites is 1. The van der Waals surface area contributed by atoms with E-state index in [0.717, 1.165) is 0 Å². The summed E-state index contributed by atoms with van der Waals surface area (Å²) >= 11 is 0. The van der Waals surface area contributed by atoms with Crippen molar-refractivity contribution >= 4 is 22.6 Å². The molecule has 24 heavy (non-hydrogen) atoms. The Morgan fingerprint density at radius 1 is 1.33 bits per heavy atom. The lowest BCUT2D eigenvalue weighted by molar-refractivity contribution is -0.187. The lowest BCUT2D eigenvalue weighted by atomic mass is 9.96. The van der Waals surface area contributed by atoms with E-state index in [4.69, 9.17) is 5.11 Å². The van der Waals surface area contributed by atoms with E-state index in [1.165, 1.54) is 17.0 Å². The molecule has 0 saturated carbocycles. The minimum Gasteiger partial charge on any atom is -0.481 e. The van der Waals surface area contributed by atoms with Crippen LogP contribution in [0.2, 0.25) is 0 Å². The van der Waals surface area contributed by atoms with Crippen molar-refractivity contribution in [2.45, 2.75) is 13.1 Å². The second kappa shape index (κ2) is 5.61. The minimum absolute atomic E-state index is 0.0647. The van der Waals surface area contributed by atoms with E-state index < -0.39 is 36.3 Å². The Hall–Kier alpha value is -2.38. The van der Waals surface area contributed by atoms with Crippen LogP contribution in [0.25, 0.3) is 10.9 Å². The van der Waals surface area contributed by atoms with Crippen LogP contribution in [-0.2, 0) is 4.79 Å². The molecule has 4 nitrogen and oxygen atoms in total. The number of halogens is 4. The van der Waals surface area contributed by atoms with Gasteiger partial charge >= 0.3 is 12.1 Å². The zero-order chi connectivity index (χ0) is 17.6. The molecule has 0 amide bonds. The third kappa shape index (κ3) is 2.76. The number of aromatic nitrogens is 1. The van der Waals surface area contributed by atoms with Crippen molar-refractivity contribution in [3.8, 4) is 0 Å². The smallest absolute Gasteiger partial charge is 0.394 e. The van der Waals surface area contributed by atoms with Crippen molar-refractivity contribution in [2.75, 3.05) is 18.0 Å². The number of carboxylic acids is 1. The first-order chi connectivity index (χ1) is 11.2. The van der Waals surface area contributed by atoms with Gasteiger partial charge in [-0.3, -0.25) is 4.79 Å². The number of alkyl halides is 3. The standard InChI is InChI=1S/C16H14F4N2O2/c1-8-5-13(9-3-2-4-12(17)14(9)21-8)22-6-10(15(23)24)11(7-22)16(18,19)20/h2-5,10-11H,6-7H2,1H3,(H,23,24)/t10-,11-/m1/s1. The molecule has 0 unspecified atom stereocenters. The van der Waals surface area contributed by atoms with Crippen molar-refractivity contribution in [1.82, 2.24) is 4.98 Å². The molecule has 0 aliphatic carbocycles. The highest BCUT2D eigenvalue weighted by Gasteiger charge is 2.52. The molecular formula is C16H14F4N2O2. The van der Waals surface area contributed by atoms with Gasteiger partial charge in [0.25, 0.3) is 0 Å². The first-order valence-electron chi connectivity index (χ1n) is 7.29. The fourth-order valence-corrected chi connectivity index (χ4v) is 3.16. The molecule has 1 N–H and O–H groups in total. The van der Waals surface area contributed by atoms with Crippen LogP contribution in [0.15, 0.2) is 24.3 Å². The maximum absolute atomic E-state index is 13.9. The molecule has 1 aromatic heterocycles. The SMILES string of the molecule is Cc1cc(N2C[C@@H](C(F)(F)F)[C@H](C(=O)O)C2)c2cccc(F)c2n1. The molecule has 1 aromatic carbocycles. The predicted octanol–water partition coefficient (Wildman–Crippen LogP) is 3.38. The topological polar surface area (TPSA) is 53.4 Å². The van der Waals surface area contributed by atoms with Gasteiger partial charge in [0.05, 0.1) is 11.8 Å². The zero-order valence-electron chi connectivity index (χ0n) is 12.6. The number of aliphatic carboxylic acids is 1. The minimum atomic E-state index is -4.61. The summed E-state index contributed by atoms with van der Waals surface area (Å²) in [6, 6.07) is 5.79. The van der Waals surface area contributed by atoms with Crippen molar-refractivity contribution in [3.63, 3.8) is 0 Å². The summed E-state index contributed by atoms with van der Waals surface area (Å²) in [5.41, 5.74) is 0.884. The number of fused-ring (bicyclic) bond motifs is 1. The average Bonchev–Trinajstić information content (AvgIpc) is 2.93. The molecule has 2 aromatic rings. The number of benzene rings is 1. The summed E-state index contributed by atoms with van der Waals surface area (Å²) in [7, 11) is 0. The second-order valence-electron chi connectivity index (χ2n) is 5.92. The van der Waals surface area contributed by atoms with E-state index in [1.54, 1.807) is 19.1 Å². The van der Waals surface area contributed by atoms with Gasteiger partial charge in [0.15, 0.2) is 0 Å². The molecule has 0 radical (unpaired) electrons. The van der Waals surface area contributed by atoms with Gasteiger partial charge in [-0.1, -0.05) is 12.1 Å². The highest BCUT2D eigenvalue weighted by molar-refractivity contribution is 5.92. The summed E-state index contributed by atoms with van der Waals surface area (Å²) < 4.78 is 53.4. The Kier molecular flexibility index (Phi) is 3.85. The van der Waals surface area contributed by atoms with E-state index >= 15 is 0 Å². The molecule has 2 heterocycles. The van der Waals surface area contributed by atoms with Gasteiger partial charge in [-0.05, 0) is 19.1 Å². The number of anilines is 1. The Bertz CT molecular complexity index is 806. The summed E-state index contributed by atoms with van der Waals surface area (Å²) in [6.45, 7) is 0.853. The Morgan fingerprint density at radius 3 is 2.62 bits per heavy atom. The molecular weight excluding hydrogens is 328 g/mol. The summed E-state index contributed by atoms with van der Waals surface area (Å²) in [5.74, 6) is -5.57. The van der Waals surface area contributed by atoms with Crippen LogP contribution < -0.4 is 4.90 Å². The lowest BCUT2D eigenvalue weighted by Gasteiger charge is -2.21. The quantitative estimate of drug-likeness (QED) is 0.850. The van der Waals surface area contributed by atoms with Crippen LogP contribution in [0, 0.1) is 24.6 Å². The molecule has 1 saturated heterocycles. The van der Waals surface area contributed by atoms with Gasteiger partial charge in [-0.2, -0.15) is 13.2 Å². The number of carbonyl (C=O) groups is 1. The van der Waals surface area contributed by atoms with E-state index in [2.05, 4.69) is 4.98 Å². The van der Waals surface area contributed by atoms with E-state index in [9.17, 15) is 22.4 Å². The normalized spacial score (nSPS) is 21.5. The Labute approximate surface area is 134 Å². The van der Waals surface area contributed by atoms with Gasteiger partial charge in [-0.25, -0.2) is 9.37 Å². The van der Waals surface area contributed by atoms with Crippen molar-refractivity contribution in [2.24, 2.45) is 11.8 Å². The van der Waals surface area contributed by atoms with Gasteiger partial charge in [0, 0.05) is 29.9 Å². The lowest BCUT2D eigenvalue weighted by Crippen LogP contribution is -2.33. The highest BCUT2D eigenvalue weighted by atomic mass is 19.4. The Balaban J connectivity index is 2.09. The molecule has 1 fully saturated rings. The molecule has 128 valence electrons. The molecule has 0 spiro atoms. The number of carboxylic acid groups (broad SMARTS) is 1. The van der Waals surface area contributed by atoms with Gasteiger partial charge in [0.2, 0.25) is 0 Å². The monoisotopic (exact) mass is 342 g/mol. The molecule has 3 rings (SSSR count). The summed E-state index contributed by atoms with van der Waals surface area (Å²) in [6.07, 6.45) is -4.61. The van der Waals surface area contributed by atoms with Crippen LogP contribution >= 0.6 is 0 Å². The van der Waals surface area contributed by atoms with E-state index in [1.807, 2.05) is 0 Å². The third-order valence-corrected chi connectivity index (χ3v) is 4.29. The molecule has 8 heteroatoms. The highest BCUT2D eigenvalue weighted by Crippen LogP contribution is 2.41. The molecule has 1 aliphatic heterocycles. The van der Waals surface area contributed by atoms with Crippen LogP contribution in [0.4, 0.5) is 23.2 Å². The van der Waals surface area contributed by atoms with Crippen LogP contribution in [0.1, 0.15) is 5.69 Å². The molecule has 0 bridgehead atoms.